The van der Waals surface area contributed by atoms with Gasteiger partial charge in [-0.2, -0.15) is 0 Å². The quantitative estimate of drug-likeness (QED) is 0.765. The van der Waals surface area contributed by atoms with Crippen LogP contribution in [0.4, 0.5) is 0 Å². The lowest BCUT2D eigenvalue weighted by Crippen LogP contribution is -2.52. The molecule has 0 aromatic carbocycles. The lowest BCUT2D eigenvalue weighted by atomic mass is 10.0. The molecule has 2 atom stereocenters. The Balaban J connectivity index is 2.17. The number of amides is 2. The SMILES string of the molecule is CCC(COC)N1CCC(=O)N2CCCCC2C1=O. The number of hydrogen-bond acceptors (Lipinski definition) is 3. The molecule has 0 radical (unpaired) electrons. The summed E-state index contributed by atoms with van der Waals surface area (Å²) in [5, 5.41) is 0. The van der Waals surface area contributed by atoms with Gasteiger partial charge in [-0.3, -0.25) is 9.59 Å². The van der Waals surface area contributed by atoms with E-state index in [9.17, 15) is 9.59 Å². The molecule has 2 heterocycles. The van der Waals surface area contributed by atoms with E-state index < -0.39 is 0 Å². The van der Waals surface area contributed by atoms with Gasteiger partial charge in [-0.1, -0.05) is 6.92 Å². The summed E-state index contributed by atoms with van der Waals surface area (Å²) in [6.07, 6.45) is 4.17. The molecule has 2 amide bonds. The molecule has 5 nitrogen and oxygen atoms in total. The molecule has 2 rings (SSSR count). The molecule has 0 N–H and O–H groups in total. The van der Waals surface area contributed by atoms with Gasteiger partial charge >= 0.3 is 0 Å². The molecule has 2 unspecified atom stereocenters. The number of methoxy groups -OCH3 is 1. The Labute approximate surface area is 114 Å². The molecule has 0 spiro atoms. The number of nitrogens with zero attached hydrogens (tertiary/aromatic N) is 2. The number of rotatable bonds is 4. The molecule has 0 bridgehead atoms. The number of hydrogen-bond donors (Lipinski definition) is 0. The van der Waals surface area contributed by atoms with Crippen LogP contribution in [0.25, 0.3) is 0 Å². The van der Waals surface area contributed by atoms with Crippen LogP contribution in [0.15, 0.2) is 0 Å². The molecule has 0 aliphatic carbocycles. The average Bonchev–Trinajstić information content (AvgIpc) is 2.56. The maximum absolute atomic E-state index is 12.7. The van der Waals surface area contributed by atoms with Crippen LogP contribution in [-0.4, -0.2) is 60.5 Å². The first-order chi connectivity index (χ1) is 9.19. The fourth-order valence-corrected chi connectivity index (χ4v) is 3.13. The lowest BCUT2D eigenvalue weighted by Gasteiger charge is -2.36. The largest absolute Gasteiger partial charge is 0.383 e. The molecule has 108 valence electrons. The molecule has 19 heavy (non-hydrogen) atoms. The molecule has 2 fully saturated rings. The van der Waals surface area contributed by atoms with Crippen molar-refractivity contribution in [3.05, 3.63) is 0 Å². The first-order valence-electron chi connectivity index (χ1n) is 7.28. The van der Waals surface area contributed by atoms with Crippen LogP contribution in [0.2, 0.25) is 0 Å². The van der Waals surface area contributed by atoms with Crippen LogP contribution in [0.1, 0.15) is 39.0 Å². The number of piperidine rings is 1. The highest BCUT2D eigenvalue weighted by molar-refractivity contribution is 5.90. The highest BCUT2D eigenvalue weighted by Gasteiger charge is 2.39. The van der Waals surface area contributed by atoms with Crippen molar-refractivity contribution >= 4 is 11.8 Å². The van der Waals surface area contributed by atoms with Gasteiger partial charge in [-0.25, -0.2) is 0 Å². The van der Waals surface area contributed by atoms with Gasteiger partial charge in [0.2, 0.25) is 11.8 Å². The van der Waals surface area contributed by atoms with Crippen LogP contribution >= 0.6 is 0 Å². The van der Waals surface area contributed by atoms with E-state index in [1.165, 1.54) is 0 Å². The summed E-state index contributed by atoms with van der Waals surface area (Å²) in [4.78, 5) is 28.5. The zero-order valence-electron chi connectivity index (χ0n) is 11.9. The van der Waals surface area contributed by atoms with Crippen LogP contribution in [0.3, 0.4) is 0 Å². The molecular formula is C14H24N2O3. The van der Waals surface area contributed by atoms with Crippen LogP contribution < -0.4 is 0 Å². The van der Waals surface area contributed by atoms with E-state index in [-0.39, 0.29) is 23.9 Å². The van der Waals surface area contributed by atoms with E-state index in [2.05, 4.69) is 6.92 Å². The predicted octanol–water partition coefficient (Wildman–Crippen LogP) is 1.02. The molecule has 2 aliphatic rings. The van der Waals surface area contributed by atoms with Crippen LogP contribution in [0.5, 0.6) is 0 Å². The van der Waals surface area contributed by atoms with Gasteiger partial charge in [-0.05, 0) is 25.7 Å². The topological polar surface area (TPSA) is 49.9 Å². The summed E-state index contributed by atoms with van der Waals surface area (Å²) >= 11 is 0. The van der Waals surface area contributed by atoms with E-state index in [1.54, 1.807) is 12.0 Å². The monoisotopic (exact) mass is 268 g/mol. The predicted molar refractivity (Wildman–Crippen MR) is 71.6 cm³/mol. The minimum absolute atomic E-state index is 0.0900. The third-order valence-corrected chi connectivity index (χ3v) is 4.23. The zero-order chi connectivity index (χ0) is 13.8. The molecule has 0 aromatic rings. The van der Waals surface area contributed by atoms with Gasteiger partial charge in [0.05, 0.1) is 12.6 Å². The minimum atomic E-state index is -0.227. The second-order valence-corrected chi connectivity index (χ2v) is 5.40. The van der Waals surface area contributed by atoms with Gasteiger partial charge in [0.1, 0.15) is 6.04 Å². The summed E-state index contributed by atoms with van der Waals surface area (Å²) in [6.45, 7) is 3.88. The van der Waals surface area contributed by atoms with Gasteiger partial charge in [0, 0.05) is 26.6 Å². The molecule has 5 heteroatoms. The summed E-state index contributed by atoms with van der Waals surface area (Å²) in [7, 11) is 1.66. The molecule has 2 saturated heterocycles. The van der Waals surface area contributed by atoms with E-state index in [0.717, 1.165) is 32.2 Å². The Hall–Kier alpha value is -1.10. The van der Waals surface area contributed by atoms with Crippen molar-refractivity contribution in [2.45, 2.75) is 51.1 Å². The van der Waals surface area contributed by atoms with Crippen molar-refractivity contribution < 1.29 is 14.3 Å². The van der Waals surface area contributed by atoms with Crippen molar-refractivity contribution in [1.82, 2.24) is 9.80 Å². The van der Waals surface area contributed by atoms with Crippen molar-refractivity contribution in [2.24, 2.45) is 0 Å². The van der Waals surface area contributed by atoms with Gasteiger partial charge in [0.25, 0.3) is 0 Å². The Morgan fingerprint density at radius 2 is 2.11 bits per heavy atom. The van der Waals surface area contributed by atoms with Crippen molar-refractivity contribution in [3.63, 3.8) is 0 Å². The fourth-order valence-electron chi connectivity index (χ4n) is 3.13. The standard InChI is InChI=1S/C14H24N2O3/c1-3-11(10-19-2)15-9-7-13(17)16-8-5-4-6-12(16)14(15)18/h11-12H,3-10H2,1-2H3. The summed E-state index contributed by atoms with van der Waals surface area (Å²) in [6, 6.07) is -0.137. The van der Waals surface area contributed by atoms with Crippen LogP contribution in [-0.2, 0) is 14.3 Å². The maximum atomic E-state index is 12.7. The fraction of sp³-hybridized carbons (Fsp3) is 0.857. The molecular weight excluding hydrogens is 244 g/mol. The van der Waals surface area contributed by atoms with Crippen LogP contribution in [0, 0.1) is 0 Å². The van der Waals surface area contributed by atoms with E-state index >= 15 is 0 Å². The van der Waals surface area contributed by atoms with Gasteiger partial charge in [0.15, 0.2) is 0 Å². The smallest absolute Gasteiger partial charge is 0.245 e. The van der Waals surface area contributed by atoms with E-state index in [1.807, 2.05) is 4.90 Å². The highest BCUT2D eigenvalue weighted by atomic mass is 16.5. The zero-order valence-corrected chi connectivity index (χ0v) is 11.9. The Morgan fingerprint density at radius 1 is 1.32 bits per heavy atom. The van der Waals surface area contributed by atoms with Gasteiger partial charge in [-0.15, -0.1) is 0 Å². The molecule has 2 aliphatic heterocycles. The van der Waals surface area contributed by atoms with E-state index in [4.69, 9.17) is 4.74 Å². The first kappa shape index (κ1) is 14.3. The number of carbonyl (C=O) groups excluding carboxylic acids is 2. The van der Waals surface area contributed by atoms with E-state index in [0.29, 0.717) is 19.6 Å². The third kappa shape index (κ3) is 2.91. The lowest BCUT2D eigenvalue weighted by molar-refractivity contribution is -0.144. The molecule has 0 aromatic heterocycles. The minimum Gasteiger partial charge on any atom is -0.383 e. The molecule has 0 saturated carbocycles. The van der Waals surface area contributed by atoms with Crippen molar-refractivity contribution in [2.75, 3.05) is 26.8 Å². The number of fused-ring (bicyclic) bond motifs is 1. The summed E-state index contributed by atoms with van der Waals surface area (Å²) in [5.74, 6) is 0.252. The highest BCUT2D eigenvalue weighted by Crippen LogP contribution is 2.24. The second-order valence-electron chi connectivity index (χ2n) is 5.40. The Morgan fingerprint density at radius 3 is 2.79 bits per heavy atom. The maximum Gasteiger partial charge on any atom is 0.245 e. The Kier molecular flexibility index (Phi) is 4.80. The third-order valence-electron chi connectivity index (χ3n) is 4.23. The summed E-state index contributed by atoms with van der Waals surface area (Å²) < 4.78 is 5.21. The summed E-state index contributed by atoms with van der Waals surface area (Å²) in [5.41, 5.74) is 0. The average molecular weight is 268 g/mol. The van der Waals surface area contributed by atoms with Gasteiger partial charge < -0.3 is 14.5 Å². The normalized spacial score (nSPS) is 26.1. The van der Waals surface area contributed by atoms with Crippen molar-refractivity contribution in [3.8, 4) is 0 Å². The number of ether oxygens (including phenoxy) is 1. The Bertz CT molecular complexity index is 346. The van der Waals surface area contributed by atoms with Crippen molar-refractivity contribution in [1.29, 1.82) is 0 Å². The second kappa shape index (κ2) is 6.37. The first-order valence-corrected chi connectivity index (χ1v) is 7.28. The number of carbonyl (C=O) groups is 2.